The zero-order valence-electron chi connectivity index (χ0n) is 8.33. The Labute approximate surface area is 87.1 Å². The quantitative estimate of drug-likeness (QED) is 0.434. The van der Waals surface area contributed by atoms with Crippen LogP contribution in [-0.4, -0.2) is 12.6 Å². The molecule has 0 aliphatic rings. The fraction of sp³-hybridized carbons (Fsp3) is 0.182. The highest BCUT2D eigenvalue weighted by Gasteiger charge is 2.08. The van der Waals surface area contributed by atoms with E-state index < -0.39 is 11.8 Å². The van der Waals surface area contributed by atoms with Gasteiger partial charge in [0.1, 0.15) is 12.4 Å². The van der Waals surface area contributed by atoms with Gasteiger partial charge in [-0.2, -0.15) is 0 Å². The van der Waals surface area contributed by atoms with Gasteiger partial charge in [-0.05, 0) is 12.1 Å². The second-order valence-electron chi connectivity index (χ2n) is 2.78. The smallest absolute Gasteiger partial charge is 0.308 e. The first-order valence-electron chi connectivity index (χ1n) is 4.35. The molecule has 4 heteroatoms. The molecule has 1 aromatic rings. The third-order valence-electron chi connectivity index (χ3n) is 1.52. The first-order valence-corrected chi connectivity index (χ1v) is 4.35. The number of hydrogen-bond acceptors (Lipinski definition) is 3. The molecule has 0 radical (unpaired) electrons. The number of carbonyl (C=O) groups is 1. The van der Waals surface area contributed by atoms with E-state index in [2.05, 4.69) is 6.58 Å². The summed E-state index contributed by atoms with van der Waals surface area (Å²) in [5.41, 5.74) is 0. The Morgan fingerprint density at radius 3 is 2.87 bits per heavy atom. The summed E-state index contributed by atoms with van der Waals surface area (Å²) in [7, 11) is 0. The van der Waals surface area contributed by atoms with Crippen LogP contribution in [0.15, 0.2) is 30.9 Å². The third-order valence-corrected chi connectivity index (χ3v) is 1.52. The normalized spacial score (nSPS) is 9.47. The summed E-state index contributed by atoms with van der Waals surface area (Å²) in [6.45, 7) is 4.98. The molecule has 0 saturated carbocycles. The van der Waals surface area contributed by atoms with Crippen molar-refractivity contribution in [2.24, 2.45) is 0 Å². The molecule has 0 atom stereocenters. The molecule has 0 aliphatic heterocycles. The first-order chi connectivity index (χ1) is 7.13. The number of esters is 1. The van der Waals surface area contributed by atoms with E-state index in [-0.39, 0.29) is 12.4 Å². The van der Waals surface area contributed by atoms with Gasteiger partial charge < -0.3 is 9.47 Å². The van der Waals surface area contributed by atoms with Crippen molar-refractivity contribution >= 4 is 5.97 Å². The van der Waals surface area contributed by atoms with Gasteiger partial charge in [-0.3, -0.25) is 4.79 Å². The lowest BCUT2D eigenvalue weighted by molar-refractivity contribution is -0.132. The molecule has 0 N–H and O–H groups in total. The van der Waals surface area contributed by atoms with Gasteiger partial charge in [0.2, 0.25) is 0 Å². The molecule has 15 heavy (non-hydrogen) atoms. The summed E-state index contributed by atoms with van der Waals surface area (Å²) in [4.78, 5) is 10.7. The summed E-state index contributed by atoms with van der Waals surface area (Å²) in [5, 5.41) is 0. The molecule has 1 rings (SSSR count). The molecule has 80 valence electrons. The molecule has 0 fully saturated rings. The number of hydrogen-bond donors (Lipinski definition) is 0. The average Bonchev–Trinajstić information content (AvgIpc) is 2.16. The second-order valence-corrected chi connectivity index (χ2v) is 2.78. The number of ether oxygens (including phenoxy) is 2. The van der Waals surface area contributed by atoms with Crippen molar-refractivity contribution in [3.63, 3.8) is 0 Å². The van der Waals surface area contributed by atoms with Gasteiger partial charge in [-0.15, -0.1) is 0 Å². The van der Waals surface area contributed by atoms with E-state index in [1.807, 2.05) is 0 Å². The van der Waals surface area contributed by atoms with Crippen LogP contribution in [-0.2, 0) is 4.79 Å². The van der Waals surface area contributed by atoms with E-state index in [9.17, 15) is 9.18 Å². The molecule has 0 unspecified atom stereocenters. The summed E-state index contributed by atoms with van der Waals surface area (Å²) in [5.74, 6) is -0.628. The largest absolute Gasteiger partial charge is 0.486 e. The minimum absolute atomic E-state index is 0.0735. The highest BCUT2D eigenvalue weighted by atomic mass is 19.1. The van der Waals surface area contributed by atoms with Crippen molar-refractivity contribution in [3.8, 4) is 11.5 Å². The summed E-state index contributed by atoms with van der Waals surface area (Å²) in [6, 6.07) is 3.72. The van der Waals surface area contributed by atoms with Crippen LogP contribution >= 0.6 is 0 Å². The van der Waals surface area contributed by atoms with Crippen LogP contribution in [0, 0.1) is 5.82 Å². The van der Waals surface area contributed by atoms with Crippen LogP contribution in [0.3, 0.4) is 0 Å². The zero-order valence-corrected chi connectivity index (χ0v) is 8.33. The van der Waals surface area contributed by atoms with E-state index in [1.165, 1.54) is 19.1 Å². The number of halogens is 1. The molecular formula is C11H11FO3. The minimum atomic E-state index is -0.524. The molecule has 3 nitrogen and oxygen atoms in total. The van der Waals surface area contributed by atoms with Crippen LogP contribution < -0.4 is 9.47 Å². The Morgan fingerprint density at radius 1 is 1.53 bits per heavy atom. The Morgan fingerprint density at radius 2 is 2.27 bits per heavy atom. The molecular weight excluding hydrogens is 199 g/mol. The Bertz CT molecular complexity index is 374. The van der Waals surface area contributed by atoms with Crippen LogP contribution in [0.5, 0.6) is 11.5 Å². The number of benzene rings is 1. The summed E-state index contributed by atoms with van der Waals surface area (Å²) < 4.78 is 22.8. The van der Waals surface area contributed by atoms with Crippen molar-refractivity contribution in [2.75, 3.05) is 6.61 Å². The molecule has 0 aromatic heterocycles. The minimum Gasteiger partial charge on any atom is -0.486 e. The van der Waals surface area contributed by atoms with Gasteiger partial charge in [0, 0.05) is 13.0 Å². The average molecular weight is 210 g/mol. The topological polar surface area (TPSA) is 35.5 Å². The van der Waals surface area contributed by atoms with Crippen molar-refractivity contribution in [3.05, 3.63) is 36.7 Å². The maximum absolute atomic E-state index is 12.9. The maximum Gasteiger partial charge on any atom is 0.308 e. The first kappa shape index (κ1) is 11.2. The van der Waals surface area contributed by atoms with Gasteiger partial charge in [0.05, 0.1) is 0 Å². The predicted molar refractivity (Wildman–Crippen MR) is 53.4 cm³/mol. The molecule has 0 aliphatic carbocycles. The lowest BCUT2D eigenvalue weighted by Crippen LogP contribution is -2.04. The van der Waals surface area contributed by atoms with Gasteiger partial charge >= 0.3 is 5.97 Å². The van der Waals surface area contributed by atoms with Gasteiger partial charge in [-0.1, -0.05) is 12.7 Å². The Kier molecular flexibility index (Phi) is 3.85. The molecule has 0 saturated heterocycles. The molecule has 0 heterocycles. The third kappa shape index (κ3) is 3.42. The van der Waals surface area contributed by atoms with E-state index in [1.54, 1.807) is 6.08 Å². The number of rotatable bonds is 4. The van der Waals surface area contributed by atoms with Crippen LogP contribution in [0.4, 0.5) is 4.39 Å². The van der Waals surface area contributed by atoms with Crippen LogP contribution in [0.2, 0.25) is 0 Å². The Hall–Kier alpha value is -1.84. The fourth-order valence-electron chi connectivity index (χ4n) is 0.984. The SMILES string of the molecule is C=CCOc1ccc(F)cc1OC(C)=O. The highest BCUT2D eigenvalue weighted by Crippen LogP contribution is 2.27. The number of carbonyl (C=O) groups excluding carboxylic acids is 1. The molecule has 0 bridgehead atoms. The van der Waals surface area contributed by atoms with Gasteiger partial charge in [0.15, 0.2) is 11.5 Å². The monoisotopic (exact) mass is 210 g/mol. The maximum atomic E-state index is 12.9. The lowest BCUT2D eigenvalue weighted by Gasteiger charge is -2.09. The zero-order chi connectivity index (χ0) is 11.3. The fourth-order valence-corrected chi connectivity index (χ4v) is 0.984. The standard InChI is InChI=1S/C11H11FO3/c1-3-6-14-10-5-4-9(12)7-11(10)15-8(2)13/h3-5,7H,1,6H2,2H3. The van der Waals surface area contributed by atoms with Crippen molar-refractivity contribution in [1.29, 1.82) is 0 Å². The van der Waals surface area contributed by atoms with E-state index in [0.717, 1.165) is 6.07 Å². The van der Waals surface area contributed by atoms with Crippen molar-refractivity contribution in [1.82, 2.24) is 0 Å². The van der Waals surface area contributed by atoms with Gasteiger partial charge in [-0.25, -0.2) is 4.39 Å². The van der Waals surface area contributed by atoms with Crippen molar-refractivity contribution < 1.29 is 18.7 Å². The summed E-state index contributed by atoms with van der Waals surface area (Å²) in [6.07, 6.45) is 1.54. The van der Waals surface area contributed by atoms with Crippen LogP contribution in [0.25, 0.3) is 0 Å². The lowest BCUT2D eigenvalue weighted by atomic mass is 10.3. The molecule has 0 amide bonds. The highest BCUT2D eigenvalue weighted by molar-refractivity contribution is 5.70. The summed E-state index contributed by atoms with van der Waals surface area (Å²) >= 11 is 0. The van der Waals surface area contributed by atoms with E-state index >= 15 is 0 Å². The second kappa shape index (κ2) is 5.14. The molecule has 0 spiro atoms. The predicted octanol–water partition coefficient (Wildman–Crippen LogP) is 2.32. The Balaban J connectivity index is 2.91. The van der Waals surface area contributed by atoms with E-state index in [0.29, 0.717) is 5.75 Å². The van der Waals surface area contributed by atoms with Crippen LogP contribution in [0.1, 0.15) is 6.92 Å². The molecule has 1 aromatic carbocycles. The van der Waals surface area contributed by atoms with Gasteiger partial charge in [0.25, 0.3) is 0 Å². The van der Waals surface area contributed by atoms with E-state index in [4.69, 9.17) is 9.47 Å². The van der Waals surface area contributed by atoms with Crippen molar-refractivity contribution in [2.45, 2.75) is 6.92 Å².